The van der Waals surface area contributed by atoms with Crippen LogP contribution in [0.15, 0.2) is 29.4 Å². The topological polar surface area (TPSA) is 18.8 Å². The van der Waals surface area contributed by atoms with Crippen molar-refractivity contribution >= 4 is 6.21 Å². The van der Waals surface area contributed by atoms with Gasteiger partial charge in [0, 0.05) is 26.2 Å². The molecule has 1 fully saturated rings. The zero-order valence-electron chi connectivity index (χ0n) is 12.6. The van der Waals surface area contributed by atoms with Gasteiger partial charge in [0.05, 0.1) is 6.21 Å². The highest BCUT2D eigenvalue weighted by Crippen LogP contribution is 2.21. The summed E-state index contributed by atoms with van der Waals surface area (Å²) in [7, 11) is 2.16. The molecule has 0 unspecified atom stereocenters. The third-order valence-electron chi connectivity index (χ3n) is 3.63. The molecule has 104 valence electrons. The van der Waals surface area contributed by atoms with Crippen LogP contribution in [0.3, 0.4) is 0 Å². The molecular formula is C16H25N3. The molecular weight excluding hydrogens is 234 g/mol. The predicted octanol–water partition coefficient (Wildman–Crippen LogP) is 2.57. The molecule has 1 aromatic rings. The third-order valence-corrected chi connectivity index (χ3v) is 3.63. The van der Waals surface area contributed by atoms with E-state index in [-0.39, 0.29) is 5.41 Å². The monoisotopic (exact) mass is 259 g/mol. The molecule has 19 heavy (non-hydrogen) atoms. The minimum absolute atomic E-state index is 0.215. The van der Waals surface area contributed by atoms with E-state index in [1.807, 2.05) is 6.21 Å². The van der Waals surface area contributed by atoms with E-state index < -0.39 is 0 Å². The molecule has 1 aliphatic rings. The highest BCUT2D eigenvalue weighted by atomic mass is 15.5. The smallest absolute Gasteiger partial charge is 0.0542 e. The summed E-state index contributed by atoms with van der Waals surface area (Å²) >= 11 is 0. The molecule has 0 spiro atoms. The summed E-state index contributed by atoms with van der Waals surface area (Å²) in [6, 6.07) is 8.71. The second-order valence-electron chi connectivity index (χ2n) is 6.37. The summed E-state index contributed by atoms with van der Waals surface area (Å²) < 4.78 is 0. The zero-order chi connectivity index (χ0) is 13.9. The first-order valence-corrected chi connectivity index (χ1v) is 7.03. The molecule has 1 aliphatic heterocycles. The Hall–Kier alpha value is -1.35. The maximum Gasteiger partial charge on any atom is 0.0542 e. The number of hydrogen-bond acceptors (Lipinski definition) is 3. The average molecular weight is 259 g/mol. The zero-order valence-corrected chi connectivity index (χ0v) is 12.6. The van der Waals surface area contributed by atoms with Gasteiger partial charge in [-0.1, -0.05) is 45.0 Å². The molecule has 1 heterocycles. The lowest BCUT2D eigenvalue weighted by atomic mass is 9.87. The lowest BCUT2D eigenvalue weighted by Gasteiger charge is -2.30. The highest BCUT2D eigenvalue weighted by molar-refractivity contribution is 5.79. The lowest BCUT2D eigenvalue weighted by Crippen LogP contribution is -2.41. The van der Waals surface area contributed by atoms with Gasteiger partial charge >= 0.3 is 0 Å². The Morgan fingerprint density at radius 3 is 2.11 bits per heavy atom. The fourth-order valence-corrected chi connectivity index (χ4v) is 2.13. The van der Waals surface area contributed by atoms with E-state index in [2.05, 4.69) is 67.1 Å². The second-order valence-corrected chi connectivity index (χ2v) is 6.37. The normalized spacial score (nSPS) is 18.2. The minimum atomic E-state index is 0.215. The Bertz CT molecular complexity index is 420. The lowest BCUT2D eigenvalue weighted by molar-refractivity contribution is 0.159. The predicted molar refractivity (Wildman–Crippen MR) is 81.8 cm³/mol. The Balaban J connectivity index is 1.96. The van der Waals surface area contributed by atoms with E-state index >= 15 is 0 Å². The van der Waals surface area contributed by atoms with Gasteiger partial charge in [0.1, 0.15) is 0 Å². The second kappa shape index (κ2) is 5.74. The van der Waals surface area contributed by atoms with Gasteiger partial charge in [-0.3, -0.25) is 5.01 Å². The Labute approximate surface area is 116 Å². The van der Waals surface area contributed by atoms with E-state index in [1.54, 1.807) is 0 Å². The van der Waals surface area contributed by atoms with Crippen molar-refractivity contribution in [1.82, 2.24) is 9.91 Å². The Morgan fingerprint density at radius 1 is 1.00 bits per heavy atom. The number of likely N-dealkylation sites (N-methyl/N-ethyl adjacent to an activating group) is 1. The van der Waals surface area contributed by atoms with E-state index in [0.29, 0.717) is 0 Å². The van der Waals surface area contributed by atoms with Crippen LogP contribution >= 0.6 is 0 Å². The number of benzene rings is 1. The van der Waals surface area contributed by atoms with Crippen molar-refractivity contribution in [1.29, 1.82) is 0 Å². The third kappa shape index (κ3) is 4.06. The fraction of sp³-hybridized carbons (Fsp3) is 0.562. The summed E-state index contributed by atoms with van der Waals surface area (Å²) in [6.07, 6.45) is 1.97. The first kappa shape index (κ1) is 14.1. The standard InChI is InChI=1S/C16H25N3/c1-16(2,3)15-7-5-14(6-8-15)13-17-19-11-9-18(4)10-12-19/h5-8,13H,9-12H2,1-4H3/b17-13+. The van der Waals surface area contributed by atoms with Crippen LogP contribution in [0.25, 0.3) is 0 Å². The van der Waals surface area contributed by atoms with Crippen LogP contribution in [0, 0.1) is 0 Å². The summed E-state index contributed by atoms with van der Waals surface area (Å²) in [4.78, 5) is 2.34. The summed E-state index contributed by atoms with van der Waals surface area (Å²) in [5.74, 6) is 0. The minimum Gasteiger partial charge on any atom is -0.303 e. The van der Waals surface area contributed by atoms with Crippen LogP contribution in [0.4, 0.5) is 0 Å². The van der Waals surface area contributed by atoms with Crippen molar-refractivity contribution in [3.63, 3.8) is 0 Å². The summed E-state index contributed by atoms with van der Waals surface area (Å²) in [5.41, 5.74) is 2.75. The fourth-order valence-electron chi connectivity index (χ4n) is 2.13. The van der Waals surface area contributed by atoms with Crippen molar-refractivity contribution in [2.24, 2.45) is 5.10 Å². The molecule has 3 heteroatoms. The molecule has 0 aliphatic carbocycles. The van der Waals surface area contributed by atoms with E-state index in [1.165, 1.54) is 11.1 Å². The Kier molecular flexibility index (Phi) is 4.25. The molecule has 2 rings (SSSR count). The molecule has 3 nitrogen and oxygen atoms in total. The van der Waals surface area contributed by atoms with Gasteiger partial charge in [-0.25, -0.2) is 0 Å². The number of hydrazone groups is 1. The SMILES string of the molecule is CN1CCN(/N=C/c2ccc(C(C)(C)C)cc2)CC1. The maximum absolute atomic E-state index is 4.56. The first-order chi connectivity index (χ1) is 8.95. The molecule has 0 aromatic heterocycles. The highest BCUT2D eigenvalue weighted by Gasteiger charge is 2.13. The molecule has 0 bridgehead atoms. The number of rotatable bonds is 2. The van der Waals surface area contributed by atoms with Crippen molar-refractivity contribution < 1.29 is 0 Å². The average Bonchev–Trinajstić information content (AvgIpc) is 2.37. The van der Waals surface area contributed by atoms with Gasteiger partial charge in [0.25, 0.3) is 0 Å². The van der Waals surface area contributed by atoms with E-state index in [0.717, 1.165) is 26.2 Å². The molecule has 0 saturated carbocycles. The van der Waals surface area contributed by atoms with Crippen LogP contribution in [0.2, 0.25) is 0 Å². The van der Waals surface area contributed by atoms with Gasteiger partial charge in [0.2, 0.25) is 0 Å². The summed E-state index contributed by atoms with van der Waals surface area (Å²) in [6.45, 7) is 10.9. The number of hydrogen-bond donors (Lipinski definition) is 0. The van der Waals surface area contributed by atoms with Crippen LogP contribution in [-0.4, -0.2) is 49.4 Å². The van der Waals surface area contributed by atoms with Crippen molar-refractivity contribution in [3.05, 3.63) is 35.4 Å². The van der Waals surface area contributed by atoms with Gasteiger partial charge < -0.3 is 4.90 Å². The van der Waals surface area contributed by atoms with E-state index in [4.69, 9.17) is 0 Å². The quantitative estimate of drug-likeness (QED) is 0.760. The van der Waals surface area contributed by atoms with Crippen LogP contribution in [0.1, 0.15) is 31.9 Å². The van der Waals surface area contributed by atoms with Gasteiger partial charge in [0.15, 0.2) is 0 Å². The maximum atomic E-state index is 4.56. The van der Waals surface area contributed by atoms with Crippen molar-refractivity contribution in [2.75, 3.05) is 33.2 Å². The number of nitrogens with zero attached hydrogens (tertiary/aromatic N) is 3. The van der Waals surface area contributed by atoms with E-state index in [9.17, 15) is 0 Å². The molecule has 1 saturated heterocycles. The van der Waals surface area contributed by atoms with Gasteiger partial charge in [-0.15, -0.1) is 0 Å². The van der Waals surface area contributed by atoms with Gasteiger partial charge in [-0.2, -0.15) is 5.10 Å². The molecule has 0 amide bonds. The molecule has 0 atom stereocenters. The van der Waals surface area contributed by atoms with Crippen molar-refractivity contribution in [3.8, 4) is 0 Å². The van der Waals surface area contributed by atoms with Crippen LogP contribution < -0.4 is 0 Å². The largest absolute Gasteiger partial charge is 0.303 e. The van der Waals surface area contributed by atoms with Crippen LogP contribution in [0.5, 0.6) is 0 Å². The molecule has 0 N–H and O–H groups in total. The first-order valence-electron chi connectivity index (χ1n) is 7.03. The van der Waals surface area contributed by atoms with Gasteiger partial charge in [-0.05, 0) is 23.6 Å². The molecule has 1 aromatic carbocycles. The molecule has 0 radical (unpaired) electrons. The summed E-state index contributed by atoms with van der Waals surface area (Å²) in [5, 5.41) is 6.71. The van der Waals surface area contributed by atoms with Crippen LogP contribution in [-0.2, 0) is 5.41 Å². The number of piperazine rings is 1. The Morgan fingerprint density at radius 2 is 1.58 bits per heavy atom. The van der Waals surface area contributed by atoms with Crippen molar-refractivity contribution in [2.45, 2.75) is 26.2 Å².